The average Bonchev–Trinajstić information content (AvgIpc) is 2.99. The van der Waals surface area contributed by atoms with Crippen LogP contribution in [-0.4, -0.2) is 10.7 Å². The van der Waals surface area contributed by atoms with Crippen molar-refractivity contribution in [1.82, 2.24) is 0 Å². The van der Waals surface area contributed by atoms with Crippen LogP contribution in [0.2, 0.25) is 0 Å². The van der Waals surface area contributed by atoms with Crippen molar-refractivity contribution in [3.05, 3.63) is 35.5 Å². The van der Waals surface area contributed by atoms with Gasteiger partial charge in [-0.2, -0.15) is 0 Å². The highest BCUT2D eigenvalue weighted by atomic mass is 16.3. The van der Waals surface area contributed by atoms with Crippen molar-refractivity contribution in [3.8, 4) is 0 Å². The largest absolute Gasteiger partial charge is 0.390 e. The fraction of sp³-hybridized carbons (Fsp3) is 0.786. The van der Waals surface area contributed by atoms with Crippen molar-refractivity contribution in [1.29, 1.82) is 0 Å². The number of allylic oxidation sites excluding steroid dienone is 5. The fourth-order valence-corrected chi connectivity index (χ4v) is 6.86. The second-order valence-electron chi connectivity index (χ2n) is 11.6. The Hall–Kier alpha value is -0.820. The summed E-state index contributed by atoms with van der Waals surface area (Å²) in [7, 11) is 0. The molecule has 3 fully saturated rings. The Kier molecular flexibility index (Phi) is 7.19. The maximum Gasteiger partial charge on any atom is 0.0591 e. The van der Waals surface area contributed by atoms with Crippen LogP contribution in [0.1, 0.15) is 105 Å². The Labute approximate surface area is 180 Å². The third-order valence-corrected chi connectivity index (χ3v) is 8.74. The quantitative estimate of drug-likeness (QED) is 0.449. The van der Waals surface area contributed by atoms with E-state index in [9.17, 15) is 5.11 Å². The first-order valence-electron chi connectivity index (χ1n) is 12.4. The predicted octanol–water partition coefficient (Wildman–Crippen LogP) is 8.01. The predicted molar refractivity (Wildman–Crippen MR) is 126 cm³/mol. The summed E-state index contributed by atoms with van der Waals surface area (Å²) in [4.78, 5) is 0. The van der Waals surface area contributed by atoms with Crippen LogP contribution in [0.4, 0.5) is 0 Å². The lowest BCUT2D eigenvalue weighted by Gasteiger charge is -2.44. The van der Waals surface area contributed by atoms with Crippen LogP contribution < -0.4 is 0 Å². The fourth-order valence-electron chi connectivity index (χ4n) is 6.86. The highest BCUT2D eigenvalue weighted by molar-refractivity contribution is 5.27. The zero-order valence-corrected chi connectivity index (χ0v) is 19.9. The summed E-state index contributed by atoms with van der Waals surface area (Å²) in [5.74, 6) is 3.08. The number of rotatable bonds is 6. The Bertz CT molecular complexity index is 646. The molecule has 0 aromatic carbocycles. The van der Waals surface area contributed by atoms with Gasteiger partial charge in [-0.1, -0.05) is 69.1 Å². The SMILES string of the molecule is C=C1CC/C(=C/C=C2\CCC[C@]3(C)C([C@@H](C)CCCC(C)(C)O)CC[C@@H]23)C[C@H]1C. The van der Waals surface area contributed by atoms with Crippen molar-refractivity contribution < 1.29 is 5.11 Å². The van der Waals surface area contributed by atoms with E-state index in [1.807, 2.05) is 13.8 Å². The second kappa shape index (κ2) is 9.13. The maximum atomic E-state index is 10.0. The van der Waals surface area contributed by atoms with Gasteiger partial charge < -0.3 is 5.11 Å². The maximum absolute atomic E-state index is 10.0. The van der Waals surface area contributed by atoms with E-state index >= 15 is 0 Å². The molecule has 0 saturated heterocycles. The average molecular weight is 399 g/mol. The Morgan fingerprint density at radius 1 is 1.21 bits per heavy atom. The molecule has 0 aromatic heterocycles. The van der Waals surface area contributed by atoms with Gasteiger partial charge in [0.15, 0.2) is 0 Å². The zero-order valence-electron chi connectivity index (χ0n) is 19.9. The van der Waals surface area contributed by atoms with Gasteiger partial charge in [-0.15, -0.1) is 0 Å². The van der Waals surface area contributed by atoms with E-state index in [1.54, 1.807) is 11.1 Å². The lowest BCUT2D eigenvalue weighted by atomic mass is 9.60. The van der Waals surface area contributed by atoms with Crippen LogP contribution >= 0.6 is 0 Å². The smallest absolute Gasteiger partial charge is 0.0591 e. The van der Waals surface area contributed by atoms with Gasteiger partial charge in [-0.05, 0) is 101 Å². The van der Waals surface area contributed by atoms with E-state index < -0.39 is 5.60 Å². The molecular formula is C28H46O. The Morgan fingerprint density at radius 3 is 2.66 bits per heavy atom. The Morgan fingerprint density at radius 2 is 1.97 bits per heavy atom. The third kappa shape index (κ3) is 5.46. The molecule has 0 amide bonds. The molecule has 3 aliphatic rings. The Balaban J connectivity index is 1.65. The summed E-state index contributed by atoms with van der Waals surface area (Å²) in [5.41, 5.74) is 4.80. The topological polar surface area (TPSA) is 20.2 Å². The molecular weight excluding hydrogens is 352 g/mol. The lowest BCUT2D eigenvalue weighted by molar-refractivity contribution is 0.0597. The number of hydrogen-bond acceptors (Lipinski definition) is 1. The summed E-state index contributed by atoms with van der Waals surface area (Å²) in [6, 6.07) is 0. The van der Waals surface area contributed by atoms with Crippen molar-refractivity contribution in [3.63, 3.8) is 0 Å². The first kappa shape index (κ1) is 22.9. The van der Waals surface area contributed by atoms with E-state index in [2.05, 4.69) is 39.5 Å². The van der Waals surface area contributed by atoms with Crippen molar-refractivity contribution >= 4 is 0 Å². The van der Waals surface area contributed by atoms with Crippen LogP contribution in [0, 0.1) is 29.1 Å². The van der Waals surface area contributed by atoms with E-state index in [0.717, 1.165) is 30.6 Å². The van der Waals surface area contributed by atoms with E-state index in [-0.39, 0.29) is 0 Å². The van der Waals surface area contributed by atoms with Gasteiger partial charge in [0.25, 0.3) is 0 Å². The molecule has 0 aromatic rings. The van der Waals surface area contributed by atoms with Gasteiger partial charge in [-0.3, -0.25) is 0 Å². The van der Waals surface area contributed by atoms with Crippen molar-refractivity contribution in [2.45, 2.75) is 111 Å². The van der Waals surface area contributed by atoms with E-state index in [1.165, 1.54) is 63.4 Å². The standard InChI is InChI=1S/C28H46O/c1-20-11-12-23(19-22(20)3)13-14-24-10-8-18-28(6)25(15-16-26(24)28)21(2)9-7-17-27(4,5)29/h13-14,21-22,25-26,29H,1,7-12,15-19H2,2-6H3/b23-13-,24-14+/t21-,22+,25?,26-,28+/m0/s1. The van der Waals surface area contributed by atoms with Gasteiger partial charge in [0.1, 0.15) is 0 Å². The van der Waals surface area contributed by atoms with Crippen LogP contribution in [0.3, 0.4) is 0 Å². The van der Waals surface area contributed by atoms with Crippen LogP contribution in [0.15, 0.2) is 35.5 Å². The molecule has 5 atom stereocenters. The van der Waals surface area contributed by atoms with Crippen molar-refractivity contribution in [2.75, 3.05) is 0 Å². The zero-order chi connectivity index (χ0) is 21.2. The number of aliphatic hydroxyl groups is 1. The first-order valence-corrected chi connectivity index (χ1v) is 12.4. The lowest BCUT2D eigenvalue weighted by Crippen LogP contribution is -2.36. The third-order valence-electron chi connectivity index (χ3n) is 8.74. The minimum absolute atomic E-state index is 0.491. The van der Waals surface area contributed by atoms with Gasteiger partial charge in [-0.25, -0.2) is 0 Å². The normalized spacial score (nSPS) is 37.2. The molecule has 1 N–H and O–H groups in total. The molecule has 3 rings (SSSR count). The highest BCUT2D eigenvalue weighted by Crippen LogP contribution is 2.60. The molecule has 0 spiro atoms. The van der Waals surface area contributed by atoms with E-state index in [0.29, 0.717) is 11.3 Å². The van der Waals surface area contributed by atoms with Crippen LogP contribution in [0.25, 0.3) is 0 Å². The van der Waals surface area contributed by atoms with Gasteiger partial charge in [0.2, 0.25) is 0 Å². The summed E-state index contributed by atoms with van der Waals surface area (Å²) in [6.07, 6.45) is 18.9. The summed E-state index contributed by atoms with van der Waals surface area (Å²) in [6.45, 7) is 15.5. The first-order chi connectivity index (χ1) is 13.6. The summed E-state index contributed by atoms with van der Waals surface area (Å²) in [5, 5.41) is 10.0. The summed E-state index contributed by atoms with van der Waals surface area (Å²) < 4.78 is 0. The molecule has 0 aliphatic heterocycles. The molecule has 0 bridgehead atoms. The molecule has 1 nitrogen and oxygen atoms in total. The summed E-state index contributed by atoms with van der Waals surface area (Å²) >= 11 is 0. The molecule has 3 saturated carbocycles. The van der Waals surface area contributed by atoms with Gasteiger partial charge >= 0.3 is 0 Å². The van der Waals surface area contributed by atoms with Crippen LogP contribution in [-0.2, 0) is 0 Å². The minimum atomic E-state index is -0.515. The highest BCUT2D eigenvalue weighted by Gasteiger charge is 2.50. The number of hydrogen-bond donors (Lipinski definition) is 1. The van der Waals surface area contributed by atoms with E-state index in [4.69, 9.17) is 0 Å². The molecule has 0 radical (unpaired) electrons. The van der Waals surface area contributed by atoms with Gasteiger partial charge in [0, 0.05) is 0 Å². The molecule has 29 heavy (non-hydrogen) atoms. The monoisotopic (exact) mass is 398 g/mol. The molecule has 0 heterocycles. The van der Waals surface area contributed by atoms with Crippen LogP contribution in [0.5, 0.6) is 0 Å². The molecule has 3 aliphatic carbocycles. The molecule has 1 unspecified atom stereocenters. The van der Waals surface area contributed by atoms with Crippen molar-refractivity contribution in [2.24, 2.45) is 29.1 Å². The molecule has 164 valence electrons. The molecule has 1 heteroatoms. The number of fused-ring (bicyclic) bond motifs is 1. The minimum Gasteiger partial charge on any atom is -0.390 e. The van der Waals surface area contributed by atoms with Gasteiger partial charge in [0.05, 0.1) is 5.60 Å². The second-order valence-corrected chi connectivity index (χ2v) is 11.6.